The van der Waals surface area contributed by atoms with Gasteiger partial charge in [-0.15, -0.1) is 0 Å². The molecule has 1 aromatic heterocycles. The number of aromatic nitrogens is 2. The van der Waals surface area contributed by atoms with Crippen molar-refractivity contribution in [2.24, 2.45) is 0 Å². The molecule has 2 aromatic rings. The Kier molecular flexibility index (Phi) is 2.81. The lowest BCUT2D eigenvalue weighted by Crippen LogP contribution is -2.27. The molecule has 0 radical (unpaired) electrons. The third kappa shape index (κ3) is 2.42. The zero-order valence-corrected chi connectivity index (χ0v) is 9.77. The SMILES string of the molecule is CC(C)(O)c1cc(-c2ccccc2)n[nH]c1=O. The molecule has 2 rings (SSSR count). The van der Waals surface area contributed by atoms with Gasteiger partial charge in [-0.1, -0.05) is 30.3 Å². The van der Waals surface area contributed by atoms with Crippen LogP contribution in [-0.2, 0) is 5.60 Å². The summed E-state index contributed by atoms with van der Waals surface area (Å²) in [5.41, 5.74) is 0.306. The summed E-state index contributed by atoms with van der Waals surface area (Å²) in [6.45, 7) is 3.15. The minimum Gasteiger partial charge on any atom is -0.386 e. The van der Waals surface area contributed by atoms with Crippen molar-refractivity contribution < 1.29 is 5.11 Å². The molecule has 0 saturated heterocycles. The first kappa shape index (κ1) is 11.5. The van der Waals surface area contributed by atoms with Crippen LogP contribution in [0.3, 0.4) is 0 Å². The predicted molar refractivity (Wildman–Crippen MR) is 65.5 cm³/mol. The zero-order valence-electron chi connectivity index (χ0n) is 9.77. The Morgan fingerprint density at radius 2 is 1.88 bits per heavy atom. The van der Waals surface area contributed by atoms with Crippen molar-refractivity contribution >= 4 is 0 Å². The molecule has 0 aliphatic rings. The van der Waals surface area contributed by atoms with Crippen molar-refractivity contribution in [3.63, 3.8) is 0 Å². The first-order valence-corrected chi connectivity index (χ1v) is 5.36. The van der Waals surface area contributed by atoms with Crippen molar-refractivity contribution in [1.82, 2.24) is 10.2 Å². The van der Waals surface area contributed by atoms with Crippen molar-refractivity contribution in [1.29, 1.82) is 0 Å². The number of aromatic amines is 1. The molecule has 0 unspecified atom stereocenters. The Hall–Kier alpha value is -1.94. The van der Waals surface area contributed by atoms with E-state index in [1.165, 1.54) is 0 Å². The van der Waals surface area contributed by atoms with E-state index in [1.807, 2.05) is 30.3 Å². The van der Waals surface area contributed by atoms with Crippen LogP contribution in [0.1, 0.15) is 19.4 Å². The molecule has 0 spiro atoms. The number of nitrogens with one attached hydrogen (secondary N) is 1. The lowest BCUT2D eigenvalue weighted by atomic mass is 9.98. The monoisotopic (exact) mass is 230 g/mol. The summed E-state index contributed by atoms with van der Waals surface area (Å²) in [6, 6.07) is 11.1. The van der Waals surface area contributed by atoms with Crippen molar-refractivity contribution in [3.05, 3.63) is 52.3 Å². The summed E-state index contributed by atoms with van der Waals surface area (Å²) in [5, 5.41) is 16.3. The highest BCUT2D eigenvalue weighted by atomic mass is 16.3. The fraction of sp³-hybridized carbons (Fsp3) is 0.231. The molecule has 88 valence electrons. The predicted octanol–water partition coefficient (Wildman–Crippen LogP) is 1.66. The Morgan fingerprint density at radius 1 is 1.24 bits per heavy atom. The van der Waals surface area contributed by atoms with Gasteiger partial charge in [0.05, 0.1) is 16.9 Å². The molecule has 2 N–H and O–H groups in total. The van der Waals surface area contributed by atoms with Crippen molar-refractivity contribution in [2.45, 2.75) is 19.4 Å². The fourth-order valence-corrected chi connectivity index (χ4v) is 1.62. The number of rotatable bonds is 2. The summed E-state index contributed by atoms with van der Waals surface area (Å²) in [7, 11) is 0. The topological polar surface area (TPSA) is 66.0 Å². The second-order valence-corrected chi connectivity index (χ2v) is 4.42. The van der Waals surface area contributed by atoms with Crippen LogP contribution in [0.25, 0.3) is 11.3 Å². The van der Waals surface area contributed by atoms with Crippen LogP contribution in [0.2, 0.25) is 0 Å². The van der Waals surface area contributed by atoms with Gasteiger partial charge < -0.3 is 5.11 Å². The van der Waals surface area contributed by atoms with Crippen LogP contribution in [0.5, 0.6) is 0 Å². The highest BCUT2D eigenvalue weighted by Crippen LogP contribution is 2.20. The second kappa shape index (κ2) is 4.14. The third-order valence-corrected chi connectivity index (χ3v) is 2.53. The van der Waals surface area contributed by atoms with E-state index in [4.69, 9.17) is 0 Å². The lowest BCUT2D eigenvalue weighted by molar-refractivity contribution is 0.0769. The molecule has 0 fully saturated rings. The Morgan fingerprint density at radius 3 is 2.47 bits per heavy atom. The molecule has 1 heterocycles. The van der Waals surface area contributed by atoms with Gasteiger partial charge in [-0.05, 0) is 19.9 Å². The van der Waals surface area contributed by atoms with Gasteiger partial charge in [-0.2, -0.15) is 5.10 Å². The van der Waals surface area contributed by atoms with E-state index in [0.717, 1.165) is 5.56 Å². The van der Waals surface area contributed by atoms with Gasteiger partial charge >= 0.3 is 0 Å². The zero-order chi connectivity index (χ0) is 12.5. The van der Waals surface area contributed by atoms with E-state index < -0.39 is 5.60 Å². The van der Waals surface area contributed by atoms with E-state index in [-0.39, 0.29) is 5.56 Å². The van der Waals surface area contributed by atoms with E-state index >= 15 is 0 Å². The van der Waals surface area contributed by atoms with Gasteiger partial charge in [-0.3, -0.25) is 4.79 Å². The lowest BCUT2D eigenvalue weighted by Gasteiger charge is -2.16. The van der Waals surface area contributed by atoms with Crippen LogP contribution in [0.15, 0.2) is 41.2 Å². The Bertz CT molecular complexity index is 568. The van der Waals surface area contributed by atoms with Crippen LogP contribution in [-0.4, -0.2) is 15.3 Å². The van der Waals surface area contributed by atoms with Crippen LogP contribution < -0.4 is 5.56 Å². The maximum Gasteiger partial charge on any atom is 0.270 e. The second-order valence-electron chi connectivity index (χ2n) is 4.42. The molecular formula is C13H14N2O2. The Labute approximate surface area is 98.9 Å². The summed E-state index contributed by atoms with van der Waals surface area (Å²) >= 11 is 0. The summed E-state index contributed by atoms with van der Waals surface area (Å²) in [5.74, 6) is 0. The number of aliphatic hydroxyl groups is 1. The fourth-order valence-electron chi connectivity index (χ4n) is 1.62. The molecular weight excluding hydrogens is 216 g/mol. The van der Waals surface area contributed by atoms with E-state index in [1.54, 1.807) is 19.9 Å². The van der Waals surface area contributed by atoms with Crippen molar-refractivity contribution in [2.75, 3.05) is 0 Å². The average molecular weight is 230 g/mol. The number of H-pyrrole nitrogens is 1. The summed E-state index contributed by atoms with van der Waals surface area (Å²) in [4.78, 5) is 11.6. The van der Waals surface area contributed by atoms with E-state index in [2.05, 4.69) is 10.2 Å². The van der Waals surface area contributed by atoms with Crippen LogP contribution in [0.4, 0.5) is 0 Å². The number of hydrogen-bond acceptors (Lipinski definition) is 3. The highest BCUT2D eigenvalue weighted by molar-refractivity contribution is 5.58. The first-order valence-electron chi connectivity index (χ1n) is 5.36. The molecule has 0 bridgehead atoms. The maximum atomic E-state index is 11.6. The van der Waals surface area contributed by atoms with Crippen molar-refractivity contribution in [3.8, 4) is 11.3 Å². The van der Waals surface area contributed by atoms with E-state index in [9.17, 15) is 9.90 Å². The quantitative estimate of drug-likeness (QED) is 0.824. The van der Waals surface area contributed by atoms with Gasteiger partial charge in [0.2, 0.25) is 0 Å². The smallest absolute Gasteiger partial charge is 0.270 e. The number of nitrogens with zero attached hydrogens (tertiary/aromatic N) is 1. The van der Waals surface area contributed by atoms with Crippen LogP contribution >= 0.6 is 0 Å². The maximum absolute atomic E-state index is 11.6. The summed E-state index contributed by atoms with van der Waals surface area (Å²) < 4.78 is 0. The molecule has 0 amide bonds. The van der Waals surface area contributed by atoms with Gasteiger partial charge in [0.1, 0.15) is 0 Å². The third-order valence-electron chi connectivity index (χ3n) is 2.53. The van der Waals surface area contributed by atoms with E-state index in [0.29, 0.717) is 11.3 Å². The molecule has 0 saturated carbocycles. The van der Waals surface area contributed by atoms with Crippen LogP contribution in [0, 0.1) is 0 Å². The molecule has 0 aliphatic heterocycles. The number of hydrogen-bond donors (Lipinski definition) is 2. The number of benzene rings is 1. The summed E-state index contributed by atoms with van der Waals surface area (Å²) in [6.07, 6.45) is 0. The highest BCUT2D eigenvalue weighted by Gasteiger charge is 2.21. The standard InChI is InChI=1S/C13H14N2O2/c1-13(2,17)10-8-11(14-15-12(10)16)9-6-4-3-5-7-9/h3-8,17H,1-2H3,(H,15,16). The van der Waals surface area contributed by atoms with Gasteiger partial charge in [0.25, 0.3) is 5.56 Å². The largest absolute Gasteiger partial charge is 0.386 e. The molecule has 17 heavy (non-hydrogen) atoms. The molecule has 4 heteroatoms. The minimum absolute atomic E-state index is 0.311. The van der Waals surface area contributed by atoms with Gasteiger partial charge in [-0.25, -0.2) is 5.10 Å². The minimum atomic E-state index is -1.18. The first-order chi connectivity index (χ1) is 7.98. The normalized spacial score (nSPS) is 11.5. The van der Waals surface area contributed by atoms with Gasteiger partial charge in [0.15, 0.2) is 0 Å². The molecule has 0 aliphatic carbocycles. The molecule has 1 aromatic carbocycles. The Balaban J connectivity index is 2.57. The van der Waals surface area contributed by atoms with Gasteiger partial charge in [0, 0.05) is 5.56 Å². The molecule has 0 atom stereocenters. The average Bonchev–Trinajstić information content (AvgIpc) is 2.29. The molecule has 4 nitrogen and oxygen atoms in total.